The number of nitrogens with one attached hydrogen (secondary N) is 3. The molecule has 1 aliphatic rings. The topological polar surface area (TPSA) is 99.3 Å². The number of ether oxygens (including phenoxy) is 1. The molecule has 2 aromatic carbocycles. The monoisotopic (exact) mass is 425 g/mol. The van der Waals surface area contributed by atoms with Crippen LogP contribution in [0.4, 0.5) is 10.1 Å². The number of morpholine rings is 1. The van der Waals surface area contributed by atoms with Crippen molar-refractivity contribution < 1.29 is 18.7 Å². The molecular formula is C22H24FN5O3. The van der Waals surface area contributed by atoms with E-state index >= 15 is 0 Å². The maximum absolute atomic E-state index is 13.2. The Bertz CT molecular complexity index is 1080. The number of H-pyrrole nitrogens is 1. The van der Waals surface area contributed by atoms with Gasteiger partial charge < -0.3 is 20.4 Å². The van der Waals surface area contributed by atoms with Crippen LogP contribution in [0, 0.1) is 5.82 Å². The van der Waals surface area contributed by atoms with Crippen LogP contribution in [0.5, 0.6) is 0 Å². The van der Waals surface area contributed by atoms with Crippen LogP contribution in [0.15, 0.2) is 42.5 Å². The van der Waals surface area contributed by atoms with Crippen molar-refractivity contribution in [1.82, 2.24) is 20.2 Å². The zero-order chi connectivity index (χ0) is 21.6. The molecule has 1 aliphatic heterocycles. The fourth-order valence-electron chi connectivity index (χ4n) is 3.47. The Labute approximate surface area is 178 Å². The zero-order valence-corrected chi connectivity index (χ0v) is 17.0. The number of imidazole rings is 1. The van der Waals surface area contributed by atoms with E-state index in [0.29, 0.717) is 11.3 Å². The Morgan fingerprint density at radius 3 is 2.77 bits per heavy atom. The van der Waals surface area contributed by atoms with E-state index in [4.69, 9.17) is 4.74 Å². The van der Waals surface area contributed by atoms with Gasteiger partial charge in [-0.3, -0.25) is 14.5 Å². The third kappa shape index (κ3) is 5.87. The van der Waals surface area contributed by atoms with E-state index in [1.807, 2.05) is 12.1 Å². The summed E-state index contributed by atoms with van der Waals surface area (Å²) in [6.07, 6.45) is 0.0110. The number of halogens is 1. The highest BCUT2D eigenvalue weighted by atomic mass is 19.1. The molecule has 8 nitrogen and oxygen atoms in total. The van der Waals surface area contributed by atoms with Gasteiger partial charge in [0, 0.05) is 18.8 Å². The molecule has 3 N–H and O–H groups in total. The molecule has 1 aromatic heterocycles. The van der Waals surface area contributed by atoms with Crippen molar-refractivity contribution >= 4 is 28.5 Å². The lowest BCUT2D eigenvalue weighted by molar-refractivity contribution is -0.123. The van der Waals surface area contributed by atoms with Gasteiger partial charge in [0.25, 0.3) is 0 Å². The van der Waals surface area contributed by atoms with Gasteiger partial charge in [0.05, 0.1) is 43.8 Å². The van der Waals surface area contributed by atoms with Crippen LogP contribution in [-0.4, -0.2) is 59.5 Å². The molecular weight excluding hydrogens is 401 g/mol. The van der Waals surface area contributed by atoms with Crippen LogP contribution in [0.1, 0.15) is 11.4 Å². The van der Waals surface area contributed by atoms with Gasteiger partial charge in [-0.1, -0.05) is 12.1 Å². The zero-order valence-electron chi connectivity index (χ0n) is 17.0. The summed E-state index contributed by atoms with van der Waals surface area (Å²) in [5, 5.41) is 5.31. The maximum Gasteiger partial charge on any atom is 0.243 e. The Balaban J connectivity index is 1.29. The second kappa shape index (κ2) is 9.67. The number of hydrogen-bond acceptors (Lipinski definition) is 5. The number of fused-ring (bicyclic) bond motifs is 1. The molecule has 1 saturated heterocycles. The summed E-state index contributed by atoms with van der Waals surface area (Å²) in [4.78, 5) is 34.3. The van der Waals surface area contributed by atoms with Crippen molar-refractivity contribution in [3.63, 3.8) is 0 Å². The number of anilines is 1. The van der Waals surface area contributed by atoms with Crippen molar-refractivity contribution in [3.8, 4) is 0 Å². The summed E-state index contributed by atoms with van der Waals surface area (Å²) in [7, 11) is 0. The Kier molecular flexibility index (Phi) is 6.54. The van der Waals surface area contributed by atoms with Crippen LogP contribution < -0.4 is 10.6 Å². The molecule has 9 heteroatoms. The molecule has 4 rings (SSSR count). The Morgan fingerprint density at radius 1 is 1.13 bits per heavy atom. The number of benzene rings is 2. The number of nitrogens with zero attached hydrogens (tertiary/aromatic N) is 2. The van der Waals surface area contributed by atoms with E-state index in [9.17, 15) is 14.0 Å². The highest BCUT2D eigenvalue weighted by Crippen LogP contribution is 2.18. The van der Waals surface area contributed by atoms with Gasteiger partial charge in [0.15, 0.2) is 0 Å². The van der Waals surface area contributed by atoms with Crippen molar-refractivity contribution in [2.24, 2.45) is 0 Å². The Morgan fingerprint density at radius 2 is 1.97 bits per heavy atom. The highest BCUT2D eigenvalue weighted by molar-refractivity contribution is 5.96. The lowest BCUT2D eigenvalue weighted by Crippen LogP contribution is -2.35. The normalized spacial score (nSPS) is 14.5. The van der Waals surface area contributed by atoms with Crippen LogP contribution in [-0.2, 0) is 27.3 Å². The molecule has 0 spiro atoms. The van der Waals surface area contributed by atoms with Gasteiger partial charge in [-0.2, -0.15) is 0 Å². The second-order valence-electron chi connectivity index (χ2n) is 7.44. The van der Waals surface area contributed by atoms with Crippen LogP contribution >= 0.6 is 0 Å². The average Bonchev–Trinajstić information content (AvgIpc) is 3.14. The molecule has 0 bridgehead atoms. The first-order valence-electron chi connectivity index (χ1n) is 10.1. The lowest BCUT2D eigenvalue weighted by Gasteiger charge is -2.25. The standard InChI is InChI=1S/C22H24FN5O3/c23-16-3-1-2-15(10-16)11-21(29)24-13-22(30)25-17-4-5-18-19(12-17)27-20(26-18)14-28-6-8-31-9-7-28/h1-5,10,12H,6-9,11,13-14H2,(H,24,29)(H,25,30)(H,26,27). The molecule has 3 aromatic rings. The second-order valence-corrected chi connectivity index (χ2v) is 7.44. The number of carbonyl (C=O) groups is 2. The predicted molar refractivity (Wildman–Crippen MR) is 114 cm³/mol. The van der Waals surface area contributed by atoms with Crippen molar-refractivity contribution in [3.05, 3.63) is 59.7 Å². The van der Waals surface area contributed by atoms with Crippen molar-refractivity contribution in [2.45, 2.75) is 13.0 Å². The smallest absolute Gasteiger partial charge is 0.243 e. The average molecular weight is 425 g/mol. The van der Waals surface area contributed by atoms with Gasteiger partial charge in [-0.15, -0.1) is 0 Å². The van der Waals surface area contributed by atoms with Crippen LogP contribution in [0.25, 0.3) is 11.0 Å². The number of carbonyl (C=O) groups excluding carboxylic acids is 2. The molecule has 31 heavy (non-hydrogen) atoms. The van der Waals surface area contributed by atoms with E-state index in [0.717, 1.165) is 49.7 Å². The number of rotatable bonds is 7. The molecule has 0 atom stereocenters. The molecule has 162 valence electrons. The van der Waals surface area contributed by atoms with Gasteiger partial charge in [0.2, 0.25) is 11.8 Å². The minimum Gasteiger partial charge on any atom is -0.379 e. The third-order valence-electron chi connectivity index (χ3n) is 4.99. The predicted octanol–water partition coefficient (Wildman–Crippen LogP) is 1.83. The first-order chi connectivity index (χ1) is 15.0. The third-order valence-corrected chi connectivity index (χ3v) is 4.99. The molecule has 1 fully saturated rings. The SMILES string of the molecule is O=C(Cc1cccc(F)c1)NCC(=O)Nc1ccc2nc(CN3CCOCC3)[nH]c2c1. The summed E-state index contributed by atoms with van der Waals surface area (Å²) in [5.74, 6) is -0.229. The van der Waals surface area contributed by atoms with E-state index in [-0.39, 0.29) is 24.8 Å². The number of aromatic nitrogens is 2. The van der Waals surface area contributed by atoms with Gasteiger partial charge >= 0.3 is 0 Å². The molecule has 2 amide bonds. The van der Waals surface area contributed by atoms with E-state index < -0.39 is 5.82 Å². The van der Waals surface area contributed by atoms with Crippen molar-refractivity contribution in [1.29, 1.82) is 0 Å². The molecule has 0 aliphatic carbocycles. The summed E-state index contributed by atoms with van der Waals surface area (Å²) in [6, 6.07) is 11.3. The molecule has 0 radical (unpaired) electrons. The first kappa shape index (κ1) is 21.0. The summed E-state index contributed by atoms with van der Waals surface area (Å²) in [6.45, 7) is 3.77. The van der Waals surface area contributed by atoms with Gasteiger partial charge in [0.1, 0.15) is 11.6 Å². The van der Waals surface area contributed by atoms with E-state index in [2.05, 4.69) is 25.5 Å². The quantitative estimate of drug-likeness (QED) is 0.536. The largest absolute Gasteiger partial charge is 0.379 e. The highest BCUT2D eigenvalue weighted by Gasteiger charge is 2.13. The minimum atomic E-state index is -0.398. The maximum atomic E-state index is 13.2. The fraction of sp³-hybridized carbons (Fsp3) is 0.318. The summed E-state index contributed by atoms with van der Waals surface area (Å²) < 4.78 is 18.6. The summed E-state index contributed by atoms with van der Waals surface area (Å²) in [5.41, 5.74) is 2.81. The van der Waals surface area contributed by atoms with Crippen LogP contribution in [0.3, 0.4) is 0 Å². The number of amides is 2. The van der Waals surface area contributed by atoms with Crippen LogP contribution in [0.2, 0.25) is 0 Å². The molecule has 0 saturated carbocycles. The van der Waals surface area contributed by atoms with Crippen molar-refractivity contribution in [2.75, 3.05) is 38.2 Å². The lowest BCUT2D eigenvalue weighted by atomic mass is 10.1. The number of hydrogen-bond donors (Lipinski definition) is 3. The molecule has 0 unspecified atom stereocenters. The van der Waals surface area contributed by atoms with Gasteiger partial charge in [-0.05, 0) is 35.9 Å². The Hall–Kier alpha value is -3.30. The van der Waals surface area contributed by atoms with E-state index in [1.165, 1.54) is 12.1 Å². The minimum absolute atomic E-state index is 0.0110. The molecule has 2 heterocycles. The first-order valence-corrected chi connectivity index (χ1v) is 10.1. The number of aromatic amines is 1. The van der Waals surface area contributed by atoms with Gasteiger partial charge in [-0.25, -0.2) is 9.37 Å². The van der Waals surface area contributed by atoms with E-state index in [1.54, 1.807) is 18.2 Å². The fourth-order valence-corrected chi connectivity index (χ4v) is 3.47. The summed E-state index contributed by atoms with van der Waals surface area (Å²) >= 11 is 0.